The molecule has 0 amide bonds. The van der Waals surface area contributed by atoms with Crippen molar-refractivity contribution in [2.24, 2.45) is 0 Å². The van der Waals surface area contributed by atoms with E-state index in [4.69, 9.17) is 0 Å². The number of nitrogens with one attached hydrogen (secondary N) is 2. The second-order valence-corrected chi connectivity index (χ2v) is 5.05. The second kappa shape index (κ2) is 5.22. The van der Waals surface area contributed by atoms with Crippen LogP contribution < -0.4 is 10.6 Å². The number of hydrogen-bond donors (Lipinski definition) is 2. The van der Waals surface area contributed by atoms with E-state index in [9.17, 15) is 0 Å². The van der Waals surface area contributed by atoms with Gasteiger partial charge in [0.05, 0.1) is 5.69 Å². The third-order valence-electron chi connectivity index (χ3n) is 2.16. The van der Waals surface area contributed by atoms with Gasteiger partial charge in [-0.25, -0.2) is 4.98 Å². The maximum absolute atomic E-state index is 4.24. The van der Waals surface area contributed by atoms with Crippen LogP contribution in [0.4, 0.5) is 10.1 Å². The van der Waals surface area contributed by atoms with Crippen LogP contribution in [0.25, 0.3) is 0 Å². The fraction of sp³-hybridized carbons (Fsp3) is 0.444. The van der Waals surface area contributed by atoms with Crippen LogP contribution in [0.3, 0.4) is 0 Å². The molecule has 0 fully saturated rings. The molecule has 0 saturated heterocycles. The van der Waals surface area contributed by atoms with Gasteiger partial charge in [0, 0.05) is 36.7 Å². The van der Waals surface area contributed by atoms with Gasteiger partial charge < -0.3 is 10.6 Å². The average Bonchev–Trinajstić information content (AvgIpc) is 2.94. The van der Waals surface area contributed by atoms with Gasteiger partial charge in [-0.05, 0) is 12.8 Å². The SMILES string of the molecule is CNc1ncc(CCc2nnsc2NC)s1. The van der Waals surface area contributed by atoms with E-state index in [0.717, 1.165) is 28.7 Å². The zero-order valence-electron chi connectivity index (χ0n) is 9.15. The molecule has 5 nitrogen and oxygen atoms in total. The molecule has 2 aromatic rings. The molecule has 0 bridgehead atoms. The summed E-state index contributed by atoms with van der Waals surface area (Å²) in [6, 6.07) is 0. The molecule has 2 aromatic heterocycles. The third kappa shape index (κ3) is 2.48. The van der Waals surface area contributed by atoms with Crippen LogP contribution in [0.15, 0.2) is 6.20 Å². The number of rotatable bonds is 5. The number of aromatic nitrogens is 3. The molecule has 2 heterocycles. The van der Waals surface area contributed by atoms with Crippen molar-refractivity contribution in [2.75, 3.05) is 24.7 Å². The lowest BCUT2D eigenvalue weighted by molar-refractivity contribution is 0.908. The summed E-state index contributed by atoms with van der Waals surface area (Å²) in [5.41, 5.74) is 1.03. The van der Waals surface area contributed by atoms with Crippen LogP contribution in [0, 0.1) is 0 Å². The van der Waals surface area contributed by atoms with E-state index >= 15 is 0 Å². The van der Waals surface area contributed by atoms with Crippen LogP contribution in [0.5, 0.6) is 0 Å². The molecular weight excluding hydrogens is 242 g/mol. The van der Waals surface area contributed by atoms with Gasteiger partial charge in [-0.2, -0.15) is 0 Å². The second-order valence-electron chi connectivity index (χ2n) is 3.18. The minimum atomic E-state index is 0.901. The predicted octanol–water partition coefficient (Wildman–Crippen LogP) is 1.86. The number of thiazole rings is 1. The van der Waals surface area contributed by atoms with E-state index in [2.05, 4.69) is 25.2 Å². The Morgan fingerprint density at radius 2 is 2.12 bits per heavy atom. The fourth-order valence-electron chi connectivity index (χ4n) is 1.34. The minimum absolute atomic E-state index is 0.901. The number of hydrogen-bond acceptors (Lipinski definition) is 7. The Balaban J connectivity index is 1.96. The lowest BCUT2D eigenvalue weighted by Crippen LogP contribution is -1.95. The molecular formula is C9H13N5S2. The van der Waals surface area contributed by atoms with Crippen molar-refractivity contribution >= 4 is 33.0 Å². The van der Waals surface area contributed by atoms with Crippen molar-refractivity contribution in [1.29, 1.82) is 0 Å². The Morgan fingerprint density at radius 3 is 2.81 bits per heavy atom. The first-order valence-electron chi connectivity index (χ1n) is 4.95. The highest BCUT2D eigenvalue weighted by molar-refractivity contribution is 7.15. The van der Waals surface area contributed by atoms with E-state index < -0.39 is 0 Å². The number of anilines is 2. The van der Waals surface area contributed by atoms with Crippen LogP contribution >= 0.6 is 22.9 Å². The standard InChI is InChI=1S/C9H13N5S2/c1-10-8-7(13-14-16-8)4-3-6-5-12-9(11-2)15-6/h5,10H,3-4H2,1-2H3,(H,11,12). The summed E-state index contributed by atoms with van der Waals surface area (Å²) in [5.74, 6) is 0. The van der Waals surface area contributed by atoms with E-state index in [1.807, 2.05) is 20.3 Å². The van der Waals surface area contributed by atoms with Crippen molar-refractivity contribution in [3.05, 3.63) is 16.8 Å². The molecule has 0 aromatic carbocycles. The summed E-state index contributed by atoms with van der Waals surface area (Å²) < 4.78 is 3.93. The highest BCUT2D eigenvalue weighted by Gasteiger charge is 2.07. The van der Waals surface area contributed by atoms with Gasteiger partial charge in [0.15, 0.2) is 5.13 Å². The summed E-state index contributed by atoms with van der Waals surface area (Å²) in [6.07, 6.45) is 3.77. The van der Waals surface area contributed by atoms with Gasteiger partial charge in [0.25, 0.3) is 0 Å². The maximum atomic E-state index is 4.24. The van der Waals surface area contributed by atoms with Crippen molar-refractivity contribution in [3.8, 4) is 0 Å². The summed E-state index contributed by atoms with van der Waals surface area (Å²) in [6.45, 7) is 0. The molecule has 86 valence electrons. The number of aryl methyl sites for hydroxylation is 2. The van der Waals surface area contributed by atoms with E-state index in [1.165, 1.54) is 16.4 Å². The zero-order valence-corrected chi connectivity index (χ0v) is 10.8. The van der Waals surface area contributed by atoms with Gasteiger partial charge in [-0.3, -0.25) is 0 Å². The molecule has 2 rings (SSSR count). The van der Waals surface area contributed by atoms with Crippen LogP contribution in [0.1, 0.15) is 10.6 Å². The quantitative estimate of drug-likeness (QED) is 0.854. The van der Waals surface area contributed by atoms with Gasteiger partial charge in [0.2, 0.25) is 0 Å². The predicted molar refractivity (Wildman–Crippen MR) is 68.5 cm³/mol. The smallest absolute Gasteiger partial charge is 0.182 e. The largest absolute Gasteiger partial charge is 0.377 e. The molecule has 0 saturated carbocycles. The zero-order chi connectivity index (χ0) is 11.4. The molecule has 0 radical (unpaired) electrons. The first-order valence-corrected chi connectivity index (χ1v) is 6.54. The lowest BCUT2D eigenvalue weighted by atomic mass is 10.2. The Hall–Kier alpha value is -1.21. The summed E-state index contributed by atoms with van der Waals surface area (Å²) in [7, 11) is 3.77. The molecule has 0 unspecified atom stereocenters. The summed E-state index contributed by atoms with van der Waals surface area (Å²) >= 11 is 3.08. The highest BCUT2D eigenvalue weighted by Crippen LogP contribution is 2.22. The fourth-order valence-corrected chi connectivity index (χ4v) is 2.67. The summed E-state index contributed by atoms with van der Waals surface area (Å²) in [5, 5.41) is 12.2. The van der Waals surface area contributed by atoms with E-state index in [-0.39, 0.29) is 0 Å². The van der Waals surface area contributed by atoms with Crippen molar-refractivity contribution in [1.82, 2.24) is 14.6 Å². The Kier molecular flexibility index (Phi) is 3.68. The van der Waals surface area contributed by atoms with Gasteiger partial charge >= 0.3 is 0 Å². The normalized spacial score (nSPS) is 10.4. The molecule has 16 heavy (non-hydrogen) atoms. The minimum Gasteiger partial charge on any atom is -0.377 e. The number of nitrogens with zero attached hydrogens (tertiary/aromatic N) is 3. The Labute approximate surface area is 102 Å². The topological polar surface area (TPSA) is 62.7 Å². The highest BCUT2D eigenvalue weighted by atomic mass is 32.1. The monoisotopic (exact) mass is 255 g/mol. The van der Waals surface area contributed by atoms with Crippen molar-refractivity contribution in [2.45, 2.75) is 12.8 Å². The molecule has 7 heteroatoms. The molecule has 0 spiro atoms. The molecule has 0 atom stereocenters. The molecule has 2 N–H and O–H groups in total. The molecule has 0 aliphatic rings. The molecule has 0 aliphatic carbocycles. The third-order valence-corrected chi connectivity index (χ3v) is 4.02. The maximum Gasteiger partial charge on any atom is 0.182 e. The molecule has 0 aliphatic heterocycles. The summed E-state index contributed by atoms with van der Waals surface area (Å²) in [4.78, 5) is 5.50. The van der Waals surface area contributed by atoms with Crippen LogP contribution in [0.2, 0.25) is 0 Å². The van der Waals surface area contributed by atoms with Gasteiger partial charge in [-0.1, -0.05) is 4.49 Å². The lowest BCUT2D eigenvalue weighted by Gasteiger charge is -1.97. The Bertz CT molecular complexity index is 450. The van der Waals surface area contributed by atoms with E-state index in [0.29, 0.717) is 0 Å². The van der Waals surface area contributed by atoms with Gasteiger partial charge in [-0.15, -0.1) is 16.4 Å². The first-order chi connectivity index (χ1) is 7.83. The van der Waals surface area contributed by atoms with Crippen LogP contribution in [-0.2, 0) is 12.8 Å². The first kappa shape index (κ1) is 11.3. The van der Waals surface area contributed by atoms with Gasteiger partial charge in [0.1, 0.15) is 5.00 Å². The van der Waals surface area contributed by atoms with Crippen molar-refractivity contribution in [3.63, 3.8) is 0 Å². The Morgan fingerprint density at radius 1 is 1.25 bits per heavy atom. The van der Waals surface area contributed by atoms with Crippen molar-refractivity contribution < 1.29 is 0 Å². The van der Waals surface area contributed by atoms with Crippen LogP contribution in [-0.4, -0.2) is 28.7 Å². The van der Waals surface area contributed by atoms with E-state index in [1.54, 1.807) is 11.3 Å². The average molecular weight is 255 g/mol.